The second kappa shape index (κ2) is 5.47. The predicted octanol–water partition coefficient (Wildman–Crippen LogP) is 0.787. The van der Waals surface area contributed by atoms with Gasteiger partial charge in [-0.1, -0.05) is 29.5 Å². The van der Waals surface area contributed by atoms with Crippen LogP contribution in [0.4, 0.5) is 0 Å². The van der Waals surface area contributed by atoms with Gasteiger partial charge in [-0.25, -0.2) is 13.1 Å². The number of hydrogen-bond donors (Lipinski definition) is 2. The lowest BCUT2D eigenvalue weighted by Crippen LogP contribution is -2.23. The van der Waals surface area contributed by atoms with Gasteiger partial charge in [0.25, 0.3) is 0 Å². The van der Waals surface area contributed by atoms with E-state index < -0.39 is 10.0 Å². The molecule has 0 aliphatic heterocycles. The van der Waals surface area contributed by atoms with Gasteiger partial charge >= 0.3 is 0 Å². The van der Waals surface area contributed by atoms with Crippen molar-refractivity contribution in [2.75, 3.05) is 0 Å². The summed E-state index contributed by atoms with van der Waals surface area (Å²) in [6.45, 7) is 0.0517. The third kappa shape index (κ3) is 3.37. The second-order valence-electron chi connectivity index (χ2n) is 3.71. The number of aromatic nitrogens is 1. The minimum absolute atomic E-state index is 0.0517. The number of rotatable bonds is 5. The van der Waals surface area contributed by atoms with Crippen LogP contribution in [0.2, 0.25) is 0 Å². The van der Waals surface area contributed by atoms with E-state index in [9.17, 15) is 8.42 Å². The quantitative estimate of drug-likeness (QED) is 0.792. The van der Waals surface area contributed by atoms with E-state index >= 15 is 0 Å². The summed E-state index contributed by atoms with van der Waals surface area (Å²) in [6.07, 6.45) is 1.37. The zero-order valence-corrected chi connectivity index (χ0v) is 11.4. The van der Waals surface area contributed by atoms with E-state index in [1.807, 2.05) is 0 Å². The van der Waals surface area contributed by atoms with Gasteiger partial charge in [-0.15, -0.1) is 0 Å². The monoisotopic (exact) mass is 297 g/mol. The van der Waals surface area contributed by atoms with Crippen molar-refractivity contribution in [2.45, 2.75) is 11.4 Å². The molecule has 0 saturated heterocycles. The summed E-state index contributed by atoms with van der Waals surface area (Å²) >= 11 is 4.81. The van der Waals surface area contributed by atoms with Crippen LogP contribution in [0.3, 0.4) is 0 Å². The molecule has 0 spiro atoms. The van der Waals surface area contributed by atoms with Gasteiger partial charge in [-0.2, -0.15) is 0 Å². The fourth-order valence-corrected chi connectivity index (χ4v) is 2.57. The van der Waals surface area contributed by atoms with Crippen molar-refractivity contribution in [3.05, 3.63) is 47.9 Å². The van der Waals surface area contributed by atoms with Crippen LogP contribution in [-0.4, -0.2) is 18.6 Å². The molecule has 3 N–H and O–H groups in total. The summed E-state index contributed by atoms with van der Waals surface area (Å²) in [5, 5.41) is 3.62. The van der Waals surface area contributed by atoms with Crippen molar-refractivity contribution in [1.29, 1.82) is 0 Å². The fourth-order valence-electron chi connectivity index (χ4n) is 1.40. The van der Waals surface area contributed by atoms with Crippen molar-refractivity contribution in [3.63, 3.8) is 0 Å². The van der Waals surface area contributed by atoms with Gasteiger partial charge in [-0.05, 0) is 12.1 Å². The second-order valence-corrected chi connectivity index (χ2v) is 5.91. The molecule has 1 aromatic carbocycles. The maximum atomic E-state index is 12.0. The average molecular weight is 297 g/mol. The highest BCUT2D eigenvalue weighted by Gasteiger charge is 2.15. The highest BCUT2D eigenvalue weighted by molar-refractivity contribution is 7.89. The molecule has 1 heterocycles. The molecular weight excluding hydrogens is 286 g/mol. The van der Waals surface area contributed by atoms with Crippen LogP contribution >= 0.6 is 12.2 Å². The number of nitrogens with one attached hydrogen (secondary N) is 1. The molecule has 100 valence electrons. The van der Waals surface area contributed by atoms with Gasteiger partial charge in [0.05, 0.1) is 17.1 Å². The van der Waals surface area contributed by atoms with Crippen molar-refractivity contribution < 1.29 is 12.9 Å². The molecule has 8 heteroatoms. The number of sulfonamides is 1. The van der Waals surface area contributed by atoms with E-state index in [2.05, 4.69) is 14.4 Å². The fraction of sp³-hybridized carbons (Fsp3) is 0.0909. The Labute approximate surface area is 115 Å². The van der Waals surface area contributed by atoms with Crippen LogP contribution in [0, 0.1) is 0 Å². The smallest absolute Gasteiger partial charge is 0.240 e. The zero-order valence-electron chi connectivity index (χ0n) is 9.74. The van der Waals surface area contributed by atoms with Crippen molar-refractivity contribution in [3.8, 4) is 0 Å². The minimum atomic E-state index is -3.64. The average Bonchev–Trinajstić information content (AvgIpc) is 2.90. The first-order valence-corrected chi connectivity index (χ1v) is 7.17. The van der Waals surface area contributed by atoms with Gasteiger partial charge in [0.15, 0.2) is 0 Å². The van der Waals surface area contributed by atoms with Crippen LogP contribution in [0.15, 0.2) is 46.0 Å². The minimum Gasteiger partial charge on any atom is -0.389 e. The van der Waals surface area contributed by atoms with Gasteiger partial charge in [0.2, 0.25) is 10.0 Å². The summed E-state index contributed by atoms with van der Waals surface area (Å²) in [7, 11) is -3.64. The molecule has 0 bridgehead atoms. The van der Waals surface area contributed by atoms with Crippen molar-refractivity contribution in [1.82, 2.24) is 9.88 Å². The van der Waals surface area contributed by atoms with E-state index in [-0.39, 0.29) is 16.4 Å². The SMILES string of the molecule is NC(=S)c1cccc(S(=O)(=O)NCc2ccon2)c1. The van der Waals surface area contributed by atoms with Gasteiger partial charge in [0, 0.05) is 11.6 Å². The zero-order chi connectivity index (χ0) is 13.9. The Kier molecular flexibility index (Phi) is 3.93. The molecule has 6 nitrogen and oxygen atoms in total. The molecule has 0 atom stereocenters. The molecule has 0 amide bonds. The number of benzene rings is 1. The Bertz CT molecular complexity index is 681. The molecule has 0 aliphatic carbocycles. The van der Waals surface area contributed by atoms with Gasteiger partial charge < -0.3 is 10.3 Å². The van der Waals surface area contributed by atoms with E-state index in [1.54, 1.807) is 18.2 Å². The Morgan fingerprint density at radius 2 is 2.21 bits per heavy atom. The Morgan fingerprint density at radius 1 is 1.42 bits per heavy atom. The van der Waals surface area contributed by atoms with E-state index in [1.165, 1.54) is 18.4 Å². The molecule has 0 unspecified atom stereocenters. The third-order valence-corrected chi connectivity index (χ3v) is 4.00. The summed E-state index contributed by atoms with van der Waals surface area (Å²) in [5.41, 5.74) is 6.46. The highest BCUT2D eigenvalue weighted by Crippen LogP contribution is 2.12. The lowest BCUT2D eigenvalue weighted by atomic mass is 10.2. The van der Waals surface area contributed by atoms with Crippen molar-refractivity contribution >= 4 is 27.2 Å². The number of thiocarbonyl (C=S) groups is 1. The van der Waals surface area contributed by atoms with E-state index in [4.69, 9.17) is 18.0 Å². The Balaban J connectivity index is 2.19. The lowest BCUT2D eigenvalue weighted by Gasteiger charge is -2.06. The molecule has 0 radical (unpaired) electrons. The molecule has 2 aromatic rings. The standard InChI is InChI=1S/C11H11N3O3S2/c12-11(18)8-2-1-3-10(6-8)19(15,16)13-7-9-4-5-17-14-9/h1-6,13H,7H2,(H2,12,18). The summed E-state index contributed by atoms with van der Waals surface area (Å²) < 4.78 is 31.1. The van der Waals surface area contributed by atoms with Crippen LogP contribution in [-0.2, 0) is 16.6 Å². The van der Waals surface area contributed by atoms with Crippen LogP contribution in [0.5, 0.6) is 0 Å². The van der Waals surface area contributed by atoms with Crippen LogP contribution < -0.4 is 10.5 Å². The predicted molar refractivity (Wildman–Crippen MR) is 72.9 cm³/mol. The largest absolute Gasteiger partial charge is 0.389 e. The maximum absolute atomic E-state index is 12.0. The number of nitrogens with zero attached hydrogens (tertiary/aromatic N) is 1. The Morgan fingerprint density at radius 3 is 2.84 bits per heavy atom. The Hall–Kier alpha value is -1.77. The van der Waals surface area contributed by atoms with Gasteiger partial charge in [0.1, 0.15) is 11.3 Å². The van der Waals surface area contributed by atoms with Gasteiger partial charge in [-0.3, -0.25) is 0 Å². The normalized spacial score (nSPS) is 11.4. The maximum Gasteiger partial charge on any atom is 0.240 e. The first kappa shape index (κ1) is 13.7. The highest BCUT2D eigenvalue weighted by atomic mass is 32.2. The lowest BCUT2D eigenvalue weighted by molar-refractivity contribution is 0.411. The molecule has 0 fully saturated rings. The summed E-state index contributed by atoms with van der Waals surface area (Å²) in [5.74, 6) is 0. The van der Waals surface area contributed by atoms with Crippen LogP contribution in [0.25, 0.3) is 0 Å². The molecular formula is C11H11N3O3S2. The molecule has 0 aliphatic rings. The third-order valence-electron chi connectivity index (χ3n) is 2.36. The summed E-state index contributed by atoms with van der Waals surface area (Å²) in [4.78, 5) is 0.245. The summed E-state index contributed by atoms with van der Waals surface area (Å²) in [6, 6.07) is 7.70. The topological polar surface area (TPSA) is 98.2 Å². The molecule has 2 rings (SSSR count). The molecule has 1 aromatic heterocycles. The molecule has 0 saturated carbocycles. The first-order valence-electron chi connectivity index (χ1n) is 5.28. The van der Waals surface area contributed by atoms with E-state index in [0.717, 1.165) is 0 Å². The van der Waals surface area contributed by atoms with Crippen molar-refractivity contribution in [2.24, 2.45) is 5.73 Å². The number of hydrogen-bond acceptors (Lipinski definition) is 5. The first-order chi connectivity index (χ1) is 8.99. The number of nitrogens with two attached hydrogens (primary N) is 1. The van der Waals surface area contributed by atoms with E-state index in [0.29, 0.717) is 11.3 Å². The van der Waals surface area contributed by atoms with Crippen LogP contribution in [0.1, 0.15) is 11.3 Å². The molecule has 19 heavy (non-hydrogen) atoms.